The van der Waals surface area contributed by atoms with Crippen molar-refractivity contribution in [1.82, 2.24) is 20.2 Å². The van der Waals surface area contributed by atoms with Gasteiger partial charge in [0.1, 0.15) is 11.3 Å². The Kier molecular flexibility index (Phi) is 3.51. The molecule has 2 N–H and O–H groups in total. The smallest absolute Gasteiger partial charge is 0.265 e. The maximum Gasteiger partial charge on any atom is 0.265 e. The molecule has 0 aliphatic rings. The summed E-state index contributed by atoms with van der Waals surface area (Å²) in [5, 5.41) is 13.4. The van der Waals surface area contributed by atoms with Crippen LogP contribution in [-0.2, 0) is 0 Å². The molecule has 0 spiro atoms. The predicted molar refractivity (Wildman–Crippen MR) is 93.4 cm³/mol. The zero-order valence-corrected chi connectivity index (χ0v) is 12.9. The Balaban J connectivity index is 1.58. The largest absolute Gasteiger partial charge is 0.497 e. The fourth-order valence-corrected chi connectivity index (χ4v) is 2.45. The van der Waals surface area contributed by atoms with Gasteiger partial charge in [0.05, 0.1) is 13.3 Å². The number of ether oxygens (including phenoxy) is 1. The highest BCUT2D eigenvalue weighted by Crippen LogP contribution is 2.21. The first-order chi connectivity index (χ1) is 11.8. The topological polar surface area (TPSA) is 88.1 Å². The lowest BCUT2D eigenvalue weighted by atomic mass is 10.2. The molecule has 2 heterocycles. The van der Waals surface area contributed by atoms with Gasteiger partial charge >= 0.3 is 0 Å². The number of methoxy groups -OCH3 is 1. The van der Waals surface area contributed by atoms with Crippen LogP contribution in [0.2, 0.25) is 0 Å². The van der Waals surface area contributed by atoms with E-state index < -0.39 is 0 Å². The maximum atomic E-state index is 5.18. The van der Waals surface area contributed by atoms with Crippen LogP contribution in [0.4, 0.5) is 5.95 Å². The highest BCUT2D eigenvalue weighted by Gasteiger charge is 2.07. The average Bonchev–Trinajstić information content (AvgIpc) is 2.99. The third-order valence-electron chi connectivity index (χ3n) is 3.59. The first kappa shape index (κ1) is 14.1. The van der Waals surface area contributed by atoms with E-state index in [0.717, 1.165) is 27.7 Å². The zero-order valence-electron chi connectivity index (χ0n) is 12.9. The van der Waals surface area contributed by atoms with Crippen LogP contribution < -0.4 is 10.2 Å². The Morgan fingerprint density at radius 3 is 2.96 bits per heavy atom. The van der Waals surface area contributed by atoms with Crippen LogP contribution in [0.15, 0.2) is 53.6 Å². The SMILES string of the molecule is COc1cccc(/C=N/Nc2nnc3c(n2)[nH]c2ccccc23)c1. The van der Waals surface area contributed by atoms with Crippen LogP contribution in [0, 0.1) is 0 Å². The minimum absolute atomic E-state index is 0.327. The number of fused-ring (bicyclic) bond motifs is 3. The third-order valence-corrected chi connectivity index (χ3v) is 3.59. The fraction of sp³-hybridized carbons (Fsp3) is 0.0588. The zero-order chi connectivity index (χ0) is 16.4. The molecule has 0 fully saturated rings. The van der Waals surface area contributed by atoms with Crippen LogP contribution in [-0.4, -0.2) is 33.5 Å². The lowest BCUT2D eigenvalue weighted by molar-refractivity contribution is 0.415. The van der Waals surface area contributed by atoms with E-state index in [9.17, 15) is 0 Å². The molecule has 0 saturated carbocycles. The Labute approximate surface area is 137 Å². The molecule has 4 aromatic rings. The maximum absolute atomic E-state index is 5.18. The predicted octanol–water partition coefficient (Wildman–Crippen LogP) is 2.96. The highest BCUT2D eigenvalue weighted by atomic mass is 16.5. The second-order valence-corrected chi connectivity index (χ2v) is 5.15. The van der Waals surface area contributed by atoms with Gasteiger partial charge in [-0.05, 0) is 23.8 Å². The van der Waals surface area contributed by atoms with Crippen LogP contribution in [0.5, 0.6) is 5.75 Å². The number of benzene rings is 2. The average molecular weight is 318 g/mol. The summed E-state index contributed by atoms with van der Waals surface area (Å²) in [4.78, 5) is 7.62. The Bertz CT molecular complexity index is 1040. The second kappa shape index (κ2) is 5.96. The summed E-state index contributed by atoms with van der Waals surface area (Å²) in [6.45, 7) is 0. The normalized spacial score (nSPS) is 11.4. The number of hydrazone groups is 1. The fourth-order valence-electron chi connectivity index (χ4n) is 2.45. The van der Waals surface area contributed by atoms with E-state index in [-0.39, 0.29) is 0 Å². The summed E-state index contributed by atoms with van der Waals surface area (Å²) in [6, 6.07) is 15.5. The Hall–Kier alpha value is -3.48. The number of para-hydroxylation sites is 1. The summed E-state index contributed by atoms with van der Waals surface area (Å²) in [5.74, 6) is 1.10. The van der Waals surface area contributed by atoms with Crippen LogP contribution >= 0.6 is 0 Å². The molecule has 0 amide bonds. The number of nitrogens with zero attached hydrogens (tertiary/aromatic N) is 4. The van der Waals surface area contributed by atoms with Crippen molar-refractivity contribution >= 4 is 34.2 Å². The molecule has 2 aromatic carbocycles. The minimum atomic E-state index is 0.327. The number of anilines is 1. The molecule has 0 aliphatic heterocycles. The molecular formula is C17H14N6O. The third kappa shape index (κ3) is 2.63. The van der Waals surface area contributed by atoms with Gasteiger partial charge in [-0.1, -0.05) is 30.3 Å². The molecule has 0 radical (unpaired) electrons. The van der Waals surface area contributed by atoms with Gasteiger partial charge in [-0.25, -0.2) is 5.43 Å². The number of nitrogens with one attached hydrogen (secondary N) is 2. The molecule has 2 aromatic heterocycles. The first-order valence-electron chi connectivity index (χ1n) is 7.38. The Morgan fingerprint density at radius 2 is 2.04 bits per heavy atom. The van der Waals surface area contributed by atoms with E-state index in [2.05, 4.69) is 30.7 Å². The second-order valence-electron chi connectivity index (χ2n) is 5.15. The first-order valence-corrected chi connectivity index (χ1v) is 7.38. The standard InChI is InChI=1S/C17H14N6O/c1-24-12-6-4-5-11(9-12)10-18-22-17-20-16-15(21-23-17)13-7-2-3-8-14(13)19-16/h2-10H,1H3,(H2,19,20,22,23)/b18-10+. The number of H-pyrrole nitrogens is 1. The van der Waals surface area contributed by atoms with Crippen molar-refractivity contribution in [1.29, 1.82) is 0 Å². The Morgan fingerprint density at radius 1 is 1.12 bits per heavy atom. The van der Waals surface area contributed by atoms with Crippen molar-refractivity contribution < 1.29 is 4.74 Å². The van der Waals surface area contributed by atoms with Crippen LogP contribution in [0.1, 0.15) is 5.56 Å². The van der Waals surface area contributed by atoms with Crippen molar-refractivity contribution in [3.63, 3.8) is 0 Å². The highest BCUT2D eigenvalue weighted by molar-refractivity contribution is 6.03. The van der Waals surface area contributed by atoms with E-state index in [1.54, 1.807) is 13.3 Å². The molecule has 118 valence electrons. The number of hydrogen-bond acceptors (Lipinski definition) is 6. The molecule has 0 atom stereocenters. The molecule has 0 aliphatic carbocycles. The molecule has 24 heavy (non-hydrogen) atoms. The molecule has 0 saturated heterocycles. The van der Waals surface area contributed by atoms with Gasteiger partial charge in [0.25, 0.3) is 5.95 Å². The van der Waals surface area contributed by atoms with Gasteiger partial charge in [-0.15, -0.1) is 10.2 Å². The summed E-state index contributed by atoms with van der Waals surface area (Å²) in [7, 11) is 1.63. The van der Waals surface area contributed by atoms with Gasteiger partial charge < -0.3 is 9.72 Å². The molecule has 7 heteroatoms. The summed E-state index contributed by atoms with van der Waals surface area (Å²) < 4.78 is 5.18. The van der Waals surface area contributed by atoms with Gasteiger partial charge in [0.15, 0.2) is 5.65 Å². The van der Waals surface area contributed by atoms with Crippen LogP contribution in [0.25, 0.3) is 22.1 Å². The summed E-state index contributed by atoms with van der Waals surface area (Å²) in [5.41, 5.74) is 6.09. The van der Waals surface area contributed by atoms with Crippen molar-refractivity contribution in [2.45, 2.75) is 0 Å². The van der Waals surface area contributed by atoms with E-state index >= 15 is 0 Å². The van der Waals surface area contributed by atoms with E-state index in [1.165, 1.54) is 0 Å². The monoisotopic (exact) mass is 318 g/mol. The van der Waals surface area contributed by atoms with Crippen molar-refractivity contribution in [3.8, 4) is 5.75 Å². The van der Waals surface area contributed by atoms with E-state index in [1.807, 2.05) is 48.5 Å². The number of rotatable bonds is 4. The van der Waals surface area contributed by atoms with Gasteiger partial charge in [0.2, 0.25) is 0 Å². The molecule has 0 unspecified atom stereocenters. The van der Waals surface area contributed by atoms with Gasteiger partial charge in [-0.3, -0.25) is 0 Å². The van der Waals surface area contributed by atoms with Gasteiger partial charge in [0, 0.05) is 10.9 Å². The van der Waals surface area contributed by atoms with Crippen molar-refractivity contribution in [2.24, 2.45) is 5.10 Å². The summed E-state index contributed by atoms with van der Waals surface area (Å²) in [6.07, 6.45) is 1.67. The molecule has 4 rings (SSSR count). The lowest BCUT2D eigenvalue weighted by Crippen LogP contribution is -1.99. The van der Waals surface area contributed by atoms with Crippen LogP contribution in [0.3, 0.4) is 0 Å². The number of aromatic amines is 1. The van der Waals surface area contributed by atoms with Gasteiger partial charge in [-0.2, -0.15) is 10.1 Å². The molecule has 0 bridgehead atoms. The van der Waals surface area contributed by atoms with Crippen molar-refractivity contribution in [3.05, 3.63) is 54.1 Å². The van der Waals surface area contributed by atoms with E-state index in [4.69, 9.17) is 4.74 Å². The molecular weight excluding hydrogens is 304 g/mol. The van der Waals surface area contributed by atoms with E-state index in [0.29, 0.717) is 11.6 Å². The minimum Gasteiger partial charge on any atom is -0.497 e. The van der Waals surface area contributed by atoms with Crippen molar-refractivity contribution in [2.75, 3.05) is 12.5 Å². The quantitative estimate of drug-likeness (QED) is 0.446. The lowest BCUT2D eigenvalue weighted by Gasteiger charge is -2.00. The number of aromatic nitrogens is 4. The molecule has 7 nitrogen and oxygen atoms in total. The summed E-state index contributed by atoms with van der Waals surface area (Å²) >= 11 is 0. The number of hydrogen-bond donors (Lipinski definition) is 2.